The largest absolute Gasteiger partial charge is 0.491 e. The SMILES string of the molecule is CC(C)Oc1ccc(-c2nn(-c3ccccc3)cc2C=C2SC(=S)N(C3CCCC3)C2=O)cc1. The van der Waals surface area contributed by atoms with E-state index in [9.17, 15) is 4.79 Å². The van der Waals surface area contributed by atoms with Gasteiger partial charge in [-0.2, -0.15) is 5.10 Å². The van der Waals surface area contributed by atoms with Gasteiger partial charge in [0.2, 0.25) is 0 Å². The van der Waals surface area contributed by atoms with Crippen molar-refractivity contribution in [1.29, 1.82) is 0 Å². The minimum Gasteiger partial charge on any atom is -0.491 e. The van der Waals surface area contributed by atoms with E-state index in [1.807, 2.05) is 90.3 Å². The Bertz CT molecular complexity index is 1230. The zero-order chi connectivity index (χ0) is 23.7. The van der Waals surface area contributed by atoms with Gasteiger partial charge in [0.05, 0.1) is 22.4 Å². The Balaban J connectivity index is 1.53. The first kappa shape index (κ1) is 22.9. The molecule has 3 aromatic rings. The number of benzene rings is 2. The first-order valence-electron chi connectivity index (χ1n) is 11.7. The maximum Gasteiger partial charge on any atom is 0.266 e. The van der Waals surface area contributed by atoms with E-state index >= 15 is 0 Å². The molecule has 5 rings (SSSR count). The van der Waals surface area contributed by atoms with Crippen molar-refractivity contribution in [1.82, 2.24) is 14.7 Å². The summed E-state index contributed by atoms with van der Waals surface area (Å²) in [6.45, 7) is 4.02. The molecule has 1 aliphatic heterocycles. The maximum absolute atomic E-state index is 13.3. The van der Waals surface area contributed by atoms with Crippen LogP contribution < -0.4 is 4.74 Å². The lowest BCUT2D eigenvalue weighted by Gasteiger charge is -2.21. The van der Waals surface area contributed by atoms with Gasteiger partial charge in [0.1, 0.15) is 10.1 Å². The molecular weight excluding hydrogens is 462 g/mol. The summed E-state index contributed by atoms with van der Waals surface area (Å²) in [6.07, 6.45) is 8.40. The van der Waals surface area contributed by atoms with Gasteiger partial charge in [-0.3, -0.25) is 9.69 Å². The third-order valence-electron chi connectivity index (χ3n) is 6.06. The lowest BCUT2D eigenvalue weighted by atomic mass is 10.1. The monoisotopic (exact) mass is 489 g/mol. The average molecular weight is 490 g/mol. The van der Waals surface area contributed by atoms with Crippen LogP contribution in [-0.4, -0.2) is 37.1 Å². The van der Waals surface area contributed by atoms with E-state index in [-0.39, 0.29) is 18.1 Å². The molecular formula is C27H27N3O2S2. The van der Waals surface area contributed by atoms with Crippen LogP contribution in [0.3, 0.4) is 0 Å². The molecule has 0 atom stereocenters. The molecule has 1 aliphatic carbocycles. The predicted octanol–water partition coefficient (Wildman–Crippen LogP) is 6.47. The predicted molar refractivity (Wildman–Crippen MR) is 142 cm³/mol. The summed E-state index contributed by atoms with van der Waals surface area (Å²) < 4.78 is 8.32. The number of hydrogen-bond donors (Lipinski definition) is 0. The Labute approximate surface area is 209 Å². The lowest BCUT2D eigenvalue weighted by Crippen LogP contribution is -2.36. The van der Waals surface area contributed by atoms with Gasteiger partial charge in [-0.25, -0.2) is 4.68 Å². The summed E-state index contributed by atoms with van der Waals surface area (Å²) in [6, 6.07) is 18.2. The maximum atomic E-state index is 13.3. The van der Waals surface area contributed by atoms with Crippen molar-refractivity contribution in [2.75, 3.05) is 0 Å². The lowest BCUT2D eigenvalue weighted by molar-refractivity contribution is -0.123. The molecule has 1 aromatic heterocycles. The van der Waals surface area contributed by atoms with Crippen molar-refractivity contribution in [3.8, 4) is 22.7 Å². The Kier molecular flexibility index (Phi) is 6.57. The van der Waals surface area contributed by atoms with Crippen LogP contribution in [0.2, 0.25) is 0 Å². The van der Waals surface area contributed by atoms with Crippen LogP contribution in [0.5, 0.6) is 5.75 Å². The fourth-order valence-corrected chi connectivity index (χ4v) is 5.88. The molecule has 1 saturated carbocycles. The Morgan fingerprint density at radius 3 is 2.47 bits per heavy atom. The second-order valence-electron chi connectivity index (χ2n) is 8.89. The normalized spacial score (nSPS) is 18.0. The highest BCUT2D eigenvalue weighted by atomic mass is 32.2. The number of para-hydroxylation sites is 1. The number of thioether (sulfide) groups is 1. The number of carbonyl (C=O) groups is 1. The number of ether oxygens (including phenoxy) is 1. The summed E-state index contributed by atoms with van der Waals surface area (Å²) in [5.41, 5.74) is 3.62. The Morgan fingerprint density at radius 2 is 1.79 bits per heavy atom. The molecule has 174 valence electrons. The summed E-state index contributed by atoms with van der Waals surface area (Å²) in [4.78, 5) is 15.8. The topological polar surface area (TPSA) is 47.4 Å². The highest BCUT2D eigenvalue weighted by Crippen LogP contribution is 2.39. The van der Waals surface area contributed by atoms with Gasteiger partial charge in [-0.05, 0) is 69.2 Å². The molecule has 2 heterocycles. The number of rotatable bonds is 6. The van der Waals surface area contributed by atoms with Crippen molar-refractivity contribution >= 4 is 40.3 Å². The first-order chi connectivity index (χ1) is 16.5. The van der Waals surface area contributed by atoms with Crippen LogP contribution in [0.4, 0.5) is 0 Å². The third-order valence-corrected chi connectivity index (χ3v) is 7.39. The minimum atomic E-state index is 0.0148. The molecule has 5 nitrogen and oxygen atoms in total. The molecule has 0 N–H and O–H groups in total. The summed E-state index contributed by atoms with van der Waals surface area (Å²) >= 11 is 6.99. The van der Waals surface area contributed by atoms with Crippen molar-refractivity contribution < 1.29 is 9.53 Å². The third kappa shape index (κ3) is 4.68. The van der Waals surface area contributed by atoms with Crippen molar-refractivity contribution in [3.05, 3.63) is 71.3 Å². The summed E-state index contributed by atoms with van der Waals surface area (Å²) in [5.74, 6) is 0.834. The molecule has 0 radical (unpaired) electrons. The minimum absolute atomic E-state index is 0.0148. The van der Waals surface area contributed by atoms with Crippen molar-refractivity contribution in [2.45, 2.75) is 51.7 Å². The van der Waals surface area contributed by atoms with Gasteiger partial charge >= 0.3 is 0 Å². The number of carbonyl (C=O) groups excluding carboxylic acids is 1. The summed E-state index contributed by atoms with van der Waals surface area (Å²) in [5, 5.41) is 4.89. The van der Waals surface area contributed by atoms with Crippen LogP contribution in [0, 0.1) is 0 Å². The van der Waals surface area contributed by atoms with Gasteiger partial charge < -0.3 is 4.74 Å². The van der Waals surface area contributed by atoms with Gasteiger partial charge in [0.15, 0.2) is 0 Å². The molecule has 34 heavy (non-hydrogen) atoms. The molecule has 0 spiro atoms. The van der Waals surface area contributed by atoms with E-state index in [1.165, 1.54) is 11.8 Å². The van der Waals surface area contributed by atoms with Gasteiger partial charge in [0, 0.05) is 23.4 Å². The van der Waals surface area contributed by atoms with E-state index in [2.05, 4.69) is 0 Å². The molecule has 0 bridgehead atoms. The van der Waals surface area contributed by atoms with E-state index in [0.717, 1.165) is 53.9 Å². The Hall–Kier alpha value is -2.90. The van der Waals surface area contributed by atoms with E-state index < -0.39 is 0 Å². The second kappa shape index (κ2) is 9.76. The number of aromatic nitrogens is 2. The van der Waals surface area contributed by atoms with Crippen LogP contribution >= 0.6 is 24.0 Å². The van der Waals surface area contributed by atoms with Crippen LogP contribution in [0.15, 0.2) is 65.7 Å². The van der Waals surface area contributed by atoms with Crippen molar-refractivity contribution in [2.24, 2.45) is 0 Å². The number of thiocarbonyl (C=S) groups is 1. The molecule has 1 amide bonds. The van der Waals surface area contributed by atoms with E-state index in [4.69, 9.17) is 22.1 Å². The highest BCUT2D eigenvalue weighted by Gasteiger charge is 2.38. The molecule has 0 unspecified atom stereocenters. The molecule has 2 fully saturated rings. The molecule has 1 saturated heterocycles. The highest BCUT2D eigenvalue weighted by molar-refractivity contribution is 8.26. The Morgan fingerprint density at radius 1 is 1.09 bits per heavy atom. The summed E-state index contributed by atoms with van der Waals surface area (Å²) in [7, 11) is 0. The fraction of sp³-hybridized carbons (Fsp3) is 0.296. The molecule has 2 aromatic carbocycles. The van der Waals surface area contributed by atoms with Crippen LogP contribution in [-0.2, 0) is 4.79 Å². The number of nitrogens with zero attached hydrogens (tertiary/aromatic N) is 3. The number of amides is 1. The van der Waals surface area contributed by atoms with Gasteiger partial charge in [-0.1, -0.05) is 55.0 Å². The second-order valence-corrected chi connectivity index (χ2v) is 10.6. The quantitative estimate of drug-likeness (QED) is 0.293. The van der Waals surface area contributed by atoms with Crippen molar-refractivity contribution in [3.63, 3.8) is 0 Å². The molecule has 7 heteroatoms. The van der Waals surface area contributed by atoms with Gasteiger partial charge in [0.25, 0.3) is 5.91 Å². The van der Waals surface area contributed by atoms with Crippen LogP contribution in [0.1, 0.15) is 45.1 Å². The average Bonchev–Trinajstić information content (AvgIpc) is 3.55. The van der Waals surface area contributed by atoms with Gasteiger partial charge in [-0.15, -0.1) is 0 Å². The first-order valence-corrected chi connectivity index (χ1v) is 12.9. The standard InChI is InChI=1S/C27H27N3O2S2/c1-18(2)32-23-14-12-19(13-15-23)25-20(17-29(28-25)21-8-4-3-5-9-21)16-24-26(31)30(27(33)34-24)22-10-6-7-11-22/h3-5,8-9,12-18,22H,6-7,10-11H2,1-2H3. The van der Waals surface area contributed by atoms with Crippen LogP contribution in [0.25, 0.3) is 23.0 Å². The fourth-order valence-electron chi connectivity index (χ4n) is 4.49. The smallest absolute Gasteiger partial charge is 0.266 e. The van der Waals surface area contributed by atoms with E-state index in [1.54, 1.807) is 0 Å². The number of hydrogen-bond acceptors (Lipinski definition) is 5. The zero-order valence-electron chi connectivity index (χ0n) is 19.3. The van der Waals surface area contributed by atoms with E-state index in [0.29, 0.717) is 9.23 Å². The zero-order valence-corrected chi connectivity index (χ0v) is 20.9. The molecule has 2 aliphatic rings.